The number of benzene rings is 3. The van der Waals surface area contributed by atoms with Crippen LogP contribution in [0.15, 0.2) is 71.5 Å². The van der Waals surface area contributed by atoms with Crippen molar-refractivity contribution in [1.82, 2.24) is 4.57 Å². The highest BCUT2D eigenvalue weighted by atomic mass is 16.6. The minimum atomic E-state index is -0.530. The summed E-state index contributed by atoms with van der Waals surface area (Å²) in [4.78, 5) is 24.1. The first-order valence-corrected chi connectivity index (χ1v) is 9.36. The number of fused-ring (bicyclic) bond motifs is 1. The molecule has 0 aliphatic carbocycles. The number of pyridine rings is 1. The van der Waals surface area contributed by atoms with Crippen LogP contribution in [0.1, 0.15) is 0 Å². The zero-order valence-electron chi connectivity index (χ0n) is 16.9. The SMILES string of the molecule is COc1ccc(-c2c(N)n(-c3ccccc3)c(=O)c3cc([N+](=O)[O-])ccc23)cc1OC. The molecule has 0 atom stereocenters. The number of ether oxygens (including phenoxy) is 2. The fourth-order valence-corrected chi connectivity index (χ4v) is 3.65. The van der Waals surface area contributed by atoms with Gasteiger partial charge in [0.25, 0.3) is 11.2 Å². The molecule has 4 rings (SSSR count). The van der Waals surface area contributed by atoms with E-state index in [1.165, 1.54) is 30.9 Å². The monoisotopic (exact) mass is 417 g/mol. The number of nitrogens with zero attached hydrogens (tertiary/aromatic N) is 2. The molecule has 0 radical (unpaired) electrons. The molecule has 8 nitrogen and oxygen atoms in total. The number of aromatic nitrogens is 1. The molecule has 0 bridgehead atoms. The van der Waals surface area contributed by atoms with E-state index in [1.807, 2.05) is 6.07 Å². The maximum atomic E-state index is 13.3. The van der Waals surface area contributed by atoms with Crippen molar-refractivity contribution < 1.29 is 14.4 Å². The average molecular weight is 417 g/mol. The van der Waals surface area contributed by atoms with Gasteiger partial charge in [-0.05, 0) is 41.3 Å². The van der Waals surface area contributed by atoms with Crippen molar-refractivity contribution in [3.05, 3.63) is 87.2 Å². The predicted octanol–water partition coefficient (Wildman–Crippen LogP) is 4.17. The largest absolute Gasteiger partial charge is 0.493 e. The van der Waals surface area contributed by atoms with E-state index in [2.05, 4.69) is 0 Å². The molecule has 31 heavy (non-hydrogen) atoms. The molecule has 0 amide bonds. The Morgan fingerprint density at radius 2 is 1.61 bits per heavy atom. The number of anilines is 1. The molecule has 4 aromatic rings. The number of non-ortho nitro benzene ring substituents is 1. The molecular formula is C23H19N3O5. The third-order valence-corrected chi connectivity index (χ3v) is 5.10. The van der Waals surface area contributed by atoms with Gasteiger partial charge in [0, 0.05) is 17.7 Å². The maximum Gasteiger partial charge on any atom is 0.270 e. The van der Waals surface area contributed by atoms with Gasteiger partial charge in [0.2, 0.25) is 0 Å². The quantitative estimate of drug-likeness (QED) is 0.386. The van der Waals surface area contributed by atoms with Crippen LogP contribution in [-0.2, 0) is 0 Å². The van der Waals surface area contributed by atoms with E-state index in [0.717, 1.165) is 0 Å². The molecule has 0 saturated heterocycles. The highest BCUT2D eigenvalue weighted by Gasteiger charge is 2.20. The maximum absolute atomic E-state index is 13.3. The number of rotatable bonds is 5. The van der Waals surface area contributed by atoms with Crippen LogP contribution < -0.4 is 20.8 Å². The number of nitro benzene ring substituents is 1. The Kier molecular flexibility index (Phi) is 5.04. The molecule has 8 heteroatoms. The highest BCUT2D eigenvalue weighted by Crippen LogP contribution is 2.39. The number of para-hydroxylation sites is 1. The van der Waals surface area contributed by atoms with Gasteiger partial charge in [-0.1, -0.05) is 24.3 Å². The Morgan fingerprint density at radius 3 is 2.26 bits per heavy atom. The molecule has 0 saturated carbocycles. The van der Waals surface area contributed by atoms with Crippen molar-refractivity contribution in [1.29, 1.82) is 0 Å². The summed E-state index contributed by atoms with van der Waals surface area (Å²) in [7, 11) is 3.06. The number of nitrogens with two attached hydrogens (primary N) is 1. The highest BCUT2D eigenvalue weighted by molar-refractivity contribution is 6.02. The fourth-order valence-electron chi connectivity index (χ4n) is 3.65. The summed E-state index contributed by atoms with van der Waals surface area (Å²) in [5.74, 6) is 1.25. The minimum Gasteiger partial charge on any atom is -0.493 e. The Labute approximate surface area is 177 Å². The van der Waals surface area contributed by atoms with Crippen LogP contribution in [0.25, 0.3) is 27.6 Å². The van der Waals surface area contributed by atoms with Crippen molar-refractivity contribution in [2.75, 3.05) is 20.0 Å². The van der Waals surface area contributed by atoms with E-state index in [1.54, 1.807) is 48.5 Å². The van der Waals surface area contributed by atoms with Gasteiger partial charge in [-0.2, -0.15) is 0 Å². The van der Waals surface area contributed by atoms with Crippen LogP contribution in [0.5, 0.6) is 11.5 Å². The molecule has 156 valence electrons. The second-order valence-corrected chi connectivity index (χ2v) is 6.79. The van der Waals surface area contributed by atoms with Crippen LogP contribution in [0.2, 0.25) is 0 Å². The van der Waals surface area contributed by atoms with Crippen molar-refractivity contribution in [2.24, 2.45) is 0 Å². The van der Waals surface area contributed by atoms with Gasteiger partial charge in [0.15, 0.2) is 11.5 Å². The van der Waals surface area contributed by atoms with Gasteiger partial charge in [-0.15, -0.1) is 0 Å². The lowest BCUT2D eigenvalue weighted by Crippen LogP contribution is -2.22. The van der Waals surface area contributed by atoms with Crippen LogP contribution in [-0.4, -0.2) is 23.7 Å². The van der Waals surface area contributed by atoms with E-state index in [4.69, 9.17) is 15.2 Å². The predicted molar refractivity (Wildman–Crippen MR) is 119 cm³/mol. The summed E-state index contributed by atoms with van der Waals surface area (Å²) in [6, 6.07) is 18.4. The minimum absolute atomic E-state index is 0.174. The van der Waals surface area contributed by atoms with Crippen molar-refractivity contribution in [3.63, 3.8) is 0 Å². The lowest BCUT2D eigenvalue weighted by molar-refractivity contribution is -0.384. The Morgan fingerprint density at radius 1 is 0.903 bits per heavy atom. The van der Waals surface area contributed by atoms with E-state index >= 15 is 0 Å². The molecule has 0 aliphatic heterocycles. The molecule has 0 fully saturated rings. The summed E-state index contributed by atoms with van der Waals surface area (Å²) in [6.07, 6.45) is 0. The van der Waals surface area contributed by atoms with E-state index in [0.29, 0.717) is 33.7 Å². The van der Waals surface area contributed by atoms with Gasteiger partial charge in [-0.3, -0.25) is 19.5 Å². The fraction of sp³-hybridized carbons (Fsp3) is 0.0870. The molecule has 3 aromatic carbocycles. The first-order valence-electron chi connectivity index (χ1n) is 9.36. The van der Waals surface area contributed by atoms with Gasteiger partial charge in [0.05, 0.1) is 30.2 Å². The van der Waals surface area contributed by atoms with Crippen LogP contribution in [0, 0.1) is 10.1 Å². The van der Waals surface area contributed by atoms with Crippen molar-refractivity contribution in [2.45, 2.75) is 0 Å². The van der Waals surface area contributed by atoms with E-state index in [9.17, 15) is 14.9 Å². The van der Waals surface area contributed by atoms with Crippen LogP contribution >= 0.6 is 0 Å². The smallest absolute Gasteiger partial charge is 0.270 e. The number of hydrogen-bond donors (Lipinski definition) is 1. The average Bonchev–Trinajstić information content (AvgIpc) is 2.79. The van der Waals surface area contributed by atoms with Crippen LogP contribution in [0.3, 0.4) is 0 Å². The lowest BCUT2D eigenvalue weighted by Gasteiger charge is -2.18. The number of hydrogen-bond acceptors (Lipinski definition) is 6. The molecule has 2 N–H and O–H groups in total. The Balaban J connectivity index is 2.14. The Bertz CT molecular complexity index is 1360. The first kappa shape index (κ1) is 20.0. The van der Waals surface area contributed by atoms with E-state index < -0.39 is 10.5 Å². The second-order valence-electron chi connectivity index (χ2n) is 6.79. The third-order valence-electron chi connectivity index (χ3n) is 5.10. The number of nitro groups is 1. The van der Waals surface area contributed by atoms with Gasteiger partial charge >= 0.3 is 0 Å². The topological polar surface area (TPSA) is 110 Å². The van der Waals surface area contributed by atoms with Gasteiger partial charge < -0.3 is 15.2 Å². The molecular weight excluding hydrogens is 398 g/mol. The summed E-state index contributed by atoms with van der Waals surface area (Å²) in [6.45, 7) is 0. The van der Waals surface area contributed by atoms with Gasteiger partial charge in [-0.25, -0.2) is 0 Å². The van der Waals surface area contributed by atoms with Crippen molar-refractivity contribution >= 4 is 22.3 Å². The summed E-state index contributed by atoms with van der Waals surface area (Å²) < 4.78 is 12.1. The number of methoxy groups -OCH3 is 2. The van der Waals surface area contributed by atoms with Crippen molar-refractivity contribution in [3.8, 4) is 28.3 Å². The number of nitrogen functional groups attached to an aromatic ring is 1. The van der Waals surface area contributed by atoms with E-state index in [-0.39, 0.29) is 16.9 Å². The molecule has 0 aliphatic rings. The molecule has 0 unspecified atom stereocenters. The zero-order chi connectivity index (χ0) is 22.1. The third kappa shape index (κ3) is 3.33. The first-order chi connectivity index (χ1) is 15.0. The van der Waals surface area contributed by atoms with Crippen LogP contribution in [0.4, 0.5) is 11.5 Å². The standard InChI is InChI=1S/C23H19N3O5/c1-30-19-11-8-14(12-20(19)31-2)21-17-10-9-16(26(28)29)13-18(17)23(27)25(22(21)24)15-6-4-3-5-7-15/h3-13H,24H2,1-2H3. The van der Waals surface area contributed by atoms with Gasteiger partial charge in [0.1, 0.15) is 5.82 Å². The summed E-state index contributed by atoms with van der Waals surface area (Å²) in [5.41, 5.74) is 7.72. The molecule has 0 spiro atoms. The molecule has 1 heterocycles. The summed E-state index contributed by atoms with van der Waals surface area (Å²) >= 11 is 0. The Hall–Kier alpha value is -4.33. The summed E-state index contributed by atoms with van der Waals surface area (Å²) in [5, 5.41) is 12.0. The molecule has 1 aromatic heterocycles. The normalized spacial score (nSPS) is 10.8. The second kappa shape index (κ2) is 7.83. The zero-order valence-corrected chi connectivity index (χ0v) is 16.9. The lowest BCUT2D eigenvalue weighted by atomic mass is 9.98.